The first-order valence-corrected chi connectivity index (χ1v) is 9.18. The Kier molecular flexibility index (Phi) is 6.41. The lowest BCUT2D eigenvalue weighted by atomic mass is 10.1. The molecule has 3 aromatic rings. The molecule has 3 rings (SSSR count). The highest BCUT2D eigenvalue weighted by Crippen LogP contribution is 2.29. The van der Waals surface area contributed by atoms with Crippen molar-refractivity contribution in [1.29, 1.82) is 0 Å². The second-order valence-corrected chi connectivity index (χ2v) is 6.56. The van der Waals surface area contributed by atoms with Crippen LogP contribution in [0.2, 0.25) is 5.02 Å². The molecular formula is C20H16ClF3N4O2. The highest BCUT2D eigenvalue weighted by molar-refractivity contribution is 6.32. The number of anilines is 1. The molecule has 0 unspecified atom stereocenters. The molecule has 0 aliphatic rings. The summed E-state index contributed by atoms with van der Waals surface area (Å²) in [4.78, 5) is 24.4. The zero-order valence-corrected chi connectivity index (χ0v) is 16.2. The van der Waals surface area contributed by atoms with Crippen LogP contribution in [-0.2, 0) is 6.18 Å². The van der Waals surface area contributed by atoms with Crippen LogP contribution in [0.5, 0.6) is 0 Å². The van der Waals surface area contributed by atoms with E-state index in [1.807, 2.05) is 6.07 Å². The topological polar surface area (TPSA) is 76.0 Å². The third-order valence-corrected chi connectivity index (χ3v) is 4.49. The van der Waals surface area contributed by atoms with E-state index in [4.69, 9.17) is 11.6 Å². The van der Waals surface area contributed by atoms with Gasteiger partial charge in [0.2, 0.25) is 0 Å². The largest absolute Gasteiger partial charge is 0.416 e. The van der Waals surface area contributed by atoms with E-state index in [2.05, 4.69) is 15.7 Å². The van der Waals surface area contributed by atoms with Crippen LogP contribution < -0.4 is 16.2 Å². The Morgan fingerprint density at radius 1 is 1.03 bits per heavy atom. The van der Waals surface area contributed by atoms with Gasteiger partial charge in [0.1, 0.15) is 5.02 Å². The zero-order valence-electron chi connectivity index (χ0n) is 15.4. The van der Waals surface area contributed by atoms with Crippen molar-refractivity contribution in [3.8, 4) is 5.69 Å². The van der Waals surface area contributed by atoms with Gasteiger partial charge in [-0.1, -0.05) is 29.8 Å². The van der Waals surface area contributed by atoms with Crippen LogP contribution in [0.3, 0.4) is 0 Å². The average molecular weight is 437 g/mol. The predicted octanol–water partition coefficient (Wildman–Crippen LogP) is 3.75. The Morgan fingerprint density at radius 2 is 1.70 bits per heavy atom. The highest BCUT2D eigenvalue weighted by atomic mass is 35.5. The number of carbonyl (C=O) groups excluding carboxylic acids is 1. The highest BCUT2D eigenvalue weighted by Gasteiger charge is 2.30. The zero-order chi connectivity index (χ0) is 21.7. The molecule has 0 saturated carbocycles. The fourth-order valence-corrected chi connectivity index (χ4v) is 2.79. The Balaban J connectivity index is 1.56. The van der Waals surface area contributed by atoms with Crippen LogP contribution >= 0.6 is 11.6 Å². The summed E-state index contributed by atoms with van der Waals surface area (Å²) in [6.45, 7) is 0.376. The molecule has 30 heavy (non-hydrogen) atoms. The van der Waals surface area contributed by atoms with Gasteiger partial charge < -0.3 is 10.6 Å². The first-order chi connectivity index (χ1) is 14.3. The van der Waals surface area contributed by atoms with E-state index in [1.165, 1.54) is 10.9 Å². The summed E-state index contributed by atoms with van der Waals surface area (Å²) in [7, 11) is 0. The van der Waals surface area contributed by atoms with Crippen LogP contribution in [0.4, 0.5) is 18.9 Å². The average Bonchev–Trinajstić information content (AvgIpc) is 2.74. The van der Waals surface area contributed by atoms with E-state index in [-0.39, 0.29) is 23.7 Å². The minimum atomic E-state index is -4.46. The quantitative estimate of drug-likeness (QED) is 0.577. The molecule has 0 atom stereocenters. The van der Waals surface area contributed by atoms with Crippen molar-refractivity contribution in [3.05, 3.63) is 87.3 Å². The van der Waals surface area contributed by atoms with Gasteiger partial charge >= 0.3 is 6.18 Å². The standard InChI is InChI=1S/C20H16ClF3N4O2/c21-17-16(12-27-28(19(17)30)15-4-2-1-3-5-15)25-10-11-26-18(29)13-6-8-14(9-7-13)20(22,23)24/h1-9,12,25H,10-11H2,(H,26,29). The molecule has 0 aliphatic heterocycles. The number of nitrogens with zero attached hydrogens (tertiary/aromatic N) is 2. The molecule has 0 aliphatic carbocycles. The van der Waals surface area contributed by atoms with Gasteiger partial charge in [-0.25, -0.2) is 0 Å². The number of benzene rings is 2. The number of alkyl halides is 3. The minimum absolute atomic E-state index is 0.0529. The number of aromatic nitrogens is 2. The van der Waals surface area contributed by atoms with Gasteiger partial charge in [0.25, 0.3) is 11.5 Å². The summed E-state index contributed by atoms with van der Waals surface area (Å²) >= 11 is 6.12. The fraction of sp³-hybridized carbons (Fsp3) is 0.150. The molecule has 0 bridgehead atoms. The monoisotopic (exact) mass is 436 g/mol. The molecule has 1 aromatic heterocycles. The van der Waals surface area contributed by atoms with Gasteiger partial charge in [-0.2, -0.15) is 23.0 Å². The maximum atomic E-state index is 12.6. The van der Waals surface area contributed by atoms with Crippen LogP contribution in [0, 0.1) is 0 Å². The Bertz CT molecular complexity index is 1080. The van der Waals surface area contributed by atoms with Gasteiger partial charge in [-0.15, -0.1) is 0 Å². The number of rotatable bonds is 6. The molecule has 6 nitrogen and oxygen atoms in total. The Morgan fingerprint density at radius 3 is 2.33 bits per heavy atom. The molecule has 156 valence electrons. The van der Waals surface area contributed by atoms with Crippen molar-refractivity contribution in [1.82, 2.24) is 15.1 Å². The molecule has 1 amide bonds. The Labute approximate surface area is 174 Å². The molecule has 1 heterocycles. The first kappa shape index (κ1) is 21.4. The normalized spacial score (nSPS) is 11.2. The lowest BCUT2D eigenvalue weighted by Gasteiger charge is -2.11. The number of para-hydroxylation sites is 1. The number of carbonyl (C=O) groups is 1. The molecule has 10 heteroatoms. The van der Waals surface area contributed by atoms with Crippen LogP contribution in [0.1, 0.15) is 15.9 Å². The fourth-order valence-electron chi connectivity index (χ4n) is 2.59. The number of nitrogens with one attached hydrogen (secondary N) is 2. The third kappa shape index (κ3) is 4.98. The van der Waals surface area contributed by atoms with E-state index in [0.29, 0.717) is 11.4 Å². The Hall–Kier alpha value is -3.33. The van der Waals surface area contributed by atoms with Crippen molar-refractivity contribution >= 4 is 23.2 Å². The van der Waals surface area contributed by atoms with E-state index in [0.717, 1.165) is 24.3 Å². The maximum Gasteiger partial charge on any atom is 0.416 e. The van der Waals surface area contributed by atoms with Crippen molar-refractivity contribution in [2.75, 3.05) is 18.4 Å². The van der Waals surface area contributed by atoms with E-state index >= 15 is 0 Å². The molecular weight excluding hydrogens is 421 g/mol. The SMILES string of the molecule is O=C(NCCNc1cnn(-c2ccccc2)c(=O)c1Cl)c1ccc(C(F)(F)F)cc1. The van der Waals surface area contributed by atoms with Crippen LogP contribution in [0.15, 0.2) is 65.6 Å². The van der Waals surface area contributed by atoms with Gasteiger partial charge in [-0.05, 0) is 36.4 Å². The molecule has 0 spiro atoms. The first-order valence-electron chi connectivity index (χ1n) is 8.80. The summed E-state index contributed by atoms with van der Waals surface area (Å²) in [6.07, 6.45) is -3.06. The van der Waals surface area contributed by atoms with Crippen LogP contribution in [0.25, 0.3) is 5.69 Å². The summed E-state index contributed by atoms with van der Waals surface area (Å²) in [5, 5.41) is 9.49. The van der Waals surface area contributed by atoms with Crippen molar-refractivity contribution in [3.63, 3.8) is 0 Å². The summed E-state index contributed by atoms with van der Waals surface area (Å²) in [5.74, 6) is -0.519. The minimum Gasteiger partial charge on any atom is -0.381 e. The summed E-state index contributed by atoms with van der Waals surface area (Å²) in [6, 6.07) is 12.7. The van der Waals surface area contributed by atoms with Crippen molar-refractivity contribution in [2.45, 2.75) is 6.18 Å². The van der Waals surface area contributed by atoms with Gasteiger partial charge in [0.15, 0.2) is 0 Å². The molecule has 0 radical (unpaired) electrons. The predicted molar refractivity (Wildman–Crippen MR) is 107 cm³/mol. The summed E-state index contributed by atoms with van der Waals surface area (Å²) in [5.41, 5.74) is -0.347. The summed E-state index contributed by atoms with van der Waals surface area (Å²) < 4.78 is 38.9. The van der Waals surface area contributed by atoms with Gasteiger partial charge in [0.05, 0.1) is 23.1 Å². The van der Waals surface area contributed by atoms with Crippen LogP contribution in [-0.4, -0.2) is 28.8 Å². The second-order valence-electron chi connectivity index (χ2n) is 6.18. The molecule has 2 N–H and O–H groups in total. The molecule has 2 aromatic carbocycles. The number of hydrogen-bond acceptors (Lipinski definition) is 4. The van der Waals surface area contributed by atoms with Gasteiger partial charge in [0, 0.05) is 18.7 Å². The number of hydrogen-bond donors (Lipinski definition) is 2. The van der Waals surface area contributed by atoms with E-state index in [9.17, 15) is 22.8 Å². The maximum absolute atomic E-state index is 12.6. The van der Waals surface area contributed by atoms with Gasteiger partial charge in [-0.3, -0.25) is 9.59 Å². The third-order valence-electron chi connectivity index (χ3n) is 4.12. The van der Waals surface area contributed by atoms with E-state index < -0.39 is 23.2 Å². The van der Waals surface area contributed by atoms with E-state index in [1.54, 1.807) is 24.3 Å². The lowest BCUT2D eigenvalue weighted by Crippen LogP contribution is -2.29. The smallest absolute Gasteiger partial charge is 0.381 e. The second kappa shape index (κ2) is 9.00. The van der Waals surface area contributed by atoms with Crippen molar-refractivity contribution < 1.29 is 18.0 Å². The number of amides is 1. The molecule has 0 fully saturated rings. The number of halogens is 4. The molecule has 0 saturated heterocycles. The lowest BCUT2D eigenvalue weighted by molar-refractivity contribution is -0.137. The van der Waals surface area contributed by atoms with Crippen molar-refractivity contribution in [2.24, 2.45) is 0 Å².